The molecular weight excluding hydrogens is 346 g/mol. The molecule has 22 heavy (non-hydrogen) atoms. The second kappa shape index (κ2) is 7.74. The summed E-state index contributed by atoms with van der Waals surface area (Å²) >= 11 is 3.39. The van der Waals surface area contributed by atoms with Crippen molar-refractivity contribution in [1.29, 1.82) is 0 Å². The van der Waals surface area contributed by atoms with Crippen molar-refractivity contribution in [3.63, 3.8) is 0 Å². The van der Waals surface area contributed by atoms with Gasteiger partial charge in [-0.25, -0.2) is 0 Å². The van der Waals surface area contributed by atoms with E-state index < -0.39 is 0 Å². The first-order valence-corrected chi connectivity index (χ1v) is 8.39. The lowest BCUT2D eigenvalue weighted by Gasteiger charge is -2.17. The van der Waals surface area contributed by atoms with Gasteiger partial charge in [0.1, 0.15) is 0 Å². The van der Waals surface area contributed by atoms with Crippen LogP contribution in [0.2, 0.25) is 0 Å². The molecule has 0 spiro atoms. The molecule has 1 saturated carbocycles. The van der Waals surface area contributed by atoms with Crippen LogP contribution >= 0.6 is 15.9 Å². The number of halogens is 1. The van der Waals surface area contributed by atoms with E-state index in [4.69, 9.17) is 0 Å². The molecule has 2 atom stereocenters. The molecular formula is C16H23BrN3O2+. The normalized spacial score (nSPS) is 16.7. The quantitative estimate of drug-likeness (QED) is 0.653. The van der Waals surface area contributed by atoms with Gasteiger partial charge in [0.2, 0.25) is 0 Å². The zero-order chi connectivity index (χ0) is 16.1. The molecule has 1 aromatic carbocycles. The van der Waals surface area contributed by atoms with E-state index in [0.717, 1.165) is 27.8 Å². The molecule has 1 unspecified atom stereocenters. The summed E-state index contributed by atoms with van der Waals surface area (Å²) in [5, 5.41) is 5.90. The van der Waals surface area contributed by atoms with E-state index in [1.165, 1.54) is 0 Å². The predicted octanol–water partition coefficient (Wildman–Crippen LogP) is 0.420. The third-order valence-corrected chi connectivity index (χ3v) is 4.14. The highest BCUT2D eigenvalue weighted by Crippen LogP contribution is 2.18. The molecule has 1 fully saturated rings. The van der Waals surface area contributed by atoms with E-state index in [9.17, 15) is 9.59 Å². The smallest absolute Gasteiger partial charge is 0.275 e. The first kappa shape index (κ1) is 17.0. The zero-order valence-electron chi connectivity index (χ0n) is 13.0. The van der Waals surface area contributed by atoms with E-state index in [1.807, 2.05) is 38.2 Å². The van der Waals surface area contributed by atoms with E-state index in [-0.39, 0.29) is 17.9 Å². The Morgan fingerprint density at radius 1 is 1.23 bits per heavy atom. The number of carbonyl (C=O) groups is 2. The highest BCUT2D eigenvalue weighted by atomic mass is 79.9. The van der Waals surface area contributed by atoms with Crippen LogP contribution in [0.15, 0.2) is 28.7 Å². The van der Waals surface area contributed by atoms with Crippen LogP contribution < -0.4 is 15.5 Å². The number of carbonyl (C=O) groups excluding carboxylic acids is 2. The molecule has 0 aromatic heterocycles. The second-order valence-corrected chi connectivity index (χ2v) is 6.91. The van der Waals surface area contributed by atoms with Crippen molar-refractivity contribution >= 4 is 27.7 Å². The highest BCUT2D eigenvalue weighted by Gasteiger charge is 2.25. The van der Waals surface area contributed by atoms with Crippen LogP contribution in [-0.4, -0.2) is 38.0 Å². The van der Waals surface area contributed by atoms with Crippen molar-refractivity contribution in [2.24, 2.45) is 0 Å². The Morgan fingerprint density at radius 2 is 1.82 bits per heavy atom. The summed E-state index contributed by atoms with van der Waals surface area (Å²) < 4.78 is 1.01. The van der Waals surface area contributed by atoms with Crippen molar-refractivity contribution < 1.29 is 14.5 Å². The Balaban J connectivity index is 1.73. The molecule has 1 aliphatic carbocycles. The minimum atomic E-state index is -0.0489. The van der Waals surface area contributed by atoms with Crippen molar-refractivity contribution in [3.8, 4) is 0 Å². The summed E-state index contributed by atoms with van der Waals surface area (Å²) in [5.41, 5.74) is 1.06. The largest absolute Gasteiger partial charge is 0.348 e. The number of nitrogens with one attached hydrogen (secondary N) is 3. The molecule has 5 nitrogen and oxygen atoms in total. The van der Waals surface area contributed by atoms with Crippen LogP contribution in [0.25, 0.3) is 0 Å². The Labute approximate surface area is 139 Å². The maximum Gasteiger partial charge on any atom is 0.275 e. The summed E-state index contributed by atoms with van der Waals surface area (Å²) in [6, 6.07) is 8.19. The average molecular weight is 369 g/mol. The summed E-state index contributed by atoms with van der Waals surface area (Å²) in [5.74, 6) is -0.0269. The maximum absolute atomic E-state index is 12.0. The van der Waals surface area contributed by atoms with Gasteiger partial charge >= 0.3 is 0 Å². The number of benzene rings is 1. The number of hydrogen-bond donors (Lipinski definition) is 3. The van der Waals surface area contributed by atoms with Gasteiger partial charge in [-0.2, -0.15) is 0 Å². The van der Waals surface area contributed by atoms with E-state index >= 15 is 0 Å². The van der Waals surface area contributed by atoms with Gasteiger partial charge < -0.3 is 15.5 Å². The minimum Gasteiger partial charge on any atom is -0.348 e. The molecule has 0 bridgehead atoms. The maximum atomic E-state index is 12.0. The van der Waals surface area contributed by atoms with Gasteiger partial charge in [-0.15, -0.1) is 0 Å². The van der Waals surface area contributed by atoms with Crippen molar-refractivity contribution in [3.05, 3.63) is 34.3 Å². The summed E-state index contributed by atoms with van der Waals surface area (Å²) in [6.45, 7) is 2.58. The average Bonchev–Trinajstić information content (AvgIpc) is 3.22. The van der Waals surface area contributed by atoms with Crippen molar-refractivity contribution in [2.45, 2.75) is 31.8 Å². The van der Waals surface area contributed by atoms with Gasteiger partial charge in [0, 0.05) is 10.5 Å². The van der Waals surface area contributed by atoms with Crippen LogP contribution in [-0.2, 0) is 9.59 Å². The molecule has 1 aromatic rings. The van der Waals surface area contributed by atoms with E-state index in [1.54, 1.807) is 0 Å². The Bertz CT molecular complexity index is 529. The van der Waals surface area contributed by atoms with Crippen LogP contribution in [0.4, 0.5) is 0 Å². The first-order chi connectivity index (χ1) is 10.4. The van der Waals surface area contributed by atoms with Crippen LogP contribution in [0.1, 0.15) is 31.4 Å². The molecule has 0 saturated heterocycles. The SMILES string of the molecule is C[C@@H](NC(=O)C[NH+](C)CC(=O)NC1CC1)c1ccc(Br)cc1. The lowest BCUT2D eigenvalue weighted by molar-refractivity contribution is -0.862. The second-order valence-electron chi connectivity index (χ2n) is 5.99. The molecule has 6 heteroatoms. The van der Waals surface area contributed by atoms with E-state index in [2.05, 4.69) is 26.6 Å². The zero-order valence-corrected chi connectivity index (χ0v) is 14.6. The molecule has 0 aliphatic heterocycles. The van der Waals surface area contributed by atoms with Crippen molar-refractivity contribution in [2.75, 3.05) is 20.1 Å². The number of rotatable bonds is 7. The number of quaternary nitrogens is 1. The summed E-state index contributed by atoms with van der Waals surface area (Å²) in [7, 11) is 1.86. The third kappa shape index (κ3) is 5.77. The molecule has 0 heterocycles. The lowest BCUT2D eigenvalue weighted by atomic mass is 10.1. The number of amides is 2. The number of likely N-dealkylation sites (N-methyl/N-ethyl adjacent to an activating group) is 1. The minimum absolute atomic E-state index is 0.0220. The van der Waals surface area contributed by atoms with Gasteiger partial charge in [0.05, 0.1) is 13.1 Å². The molecule has 120 valence electrons. The van der Waals surface area contributed by atoms with Gasteiger partial charge in [-0.1, -0.05) is 28.1 Å². The standard InChI is InChI=1S/C16H22BrN3O2/c1-11(12-3-5-13(17)6-4-12)18-15(21)9-20(2)10-16(22)19-14-7-8-14/h3-6,11,14H,7-10H2,1-2H3,(H,18,21)(H,19,22)/p+1/t11-/m1/s1. The molecule has 1 aliphatic rings. The van der Waals surface area contributed by atoms with Crippen LogP contribution in [0, 0.1) is 0 Å². The topological polar surface area (TPSA) is 62.6 Å². The number of hydrogen-bond acceptors (Lipinski definition) is 2. The van der Waals surface area contributed by atoms with Gasteiger partial charge in [0.25, 0.3) is 11.8 Å². The Hall–Kier alpha value is -1.40. The summed E-state index contributed by atoms with van der Waals surface area (Å²) in [6.07, 6.45) is 2.16. The molecule has 3 N–H and O–H groups in total. The molecule has 2 amide bonds. The highest BCUT2D eigenvalue weighted by molar-refractivity contribution is 9.10. The van der Waals surface area contributed by atoms with E-state index in [0.29, 0.717) is 19.1 Å². The molecule has 0 radical (unpaired) electrons. The summed E-state index contributed by atoms with van der Waals surface area (Å²) in [4.78, 5) is 24.6. The van der Waals surface area contributed by atoms with Crippen LogP contribution in [0.3, 0.4) is 0 Å². The Kier molecular flexibility index (Phi) is 5.97. The fourth-order valence-corrected chi connectivity index (χ4v) is 2.51. The lowest BCUT2D eigenvalue weighted by Crippen LogP contribution is -3.11. The van der Waals surface area contributed by atoms with Gasteiger partial charge in [-0.3, -0.25) is 9.59 Å². The monoisotopic (exact) mass is 368 g/mol. The Morgan fingerprint density at radius 3 is 2.41 bits per heavy atom. The van der Waals surface area contributed by atoms with Crippen LogP contribution in [0.5, 0.6) is 0 Å². The fourth-order valence-electron chi connectivity index (χ4n) is 2.24. The third-order valence-electron chi connectivity index (χ3n) is 3.61. The first-order valence-electron chi connectivity index (χ1n) is 7.59. The fraction of sp³-hybridized carbons (Fsp3) is 0.500. The van der Waals surface area contributed by atoms with Gasteiger partial charge in [0.15, 0.2) is 13.1 Å². The van der Waals surface area contributed by atoms with Crippen molar-refractivity contribution in [1.82, 2.24) is 10.6 Å². The predicted molar refractivity (Wildman–Crippen MR) is 88.5 cm³/mol. The molecule has 2 rings (SSSR count). The van der Waals surface area contributed by atoms with Gasteiger partial charge in [-0.05, 0) is 37.5 Å².